The fraction of sp³-hybridized carbons (Fsp3) is 0.333. The number of aliphatic carboxylic acids is 1. The predicted molar refractivity (Wildman–Crippen MR) is 85.3 cm³/mol. The van der Waals surface area contributed by atoms with Crippen LogP contribution in [-0.4, -0.2) is 45.0 Å². The van der Waals surface area contributed by atoms with Crippen LogP contribution in [0.25, 0.3) is 0 Å². The molecule has 134 valence electrons. The number of rotatable bonds is 8. The van der Waals surface area contributed by atoms with Crippen LogP contribution in [0.4, 0.5) is 4.79 Å². The minimum absolute atomic E-state index is 0.0870. The van der Waals surface area contributed by atoms with Gasteiger partial charge in [-0.3, -0.25) is 0 Å². The number of hydrogen-bond acceptors (Lipinski definition) is 7. The van der Waals surface area contributed by atoms with E-state index in [1.165, 1.54) is 0 Å². The Morgan fingerprint density at radius 2 is 2.00 bits per heavy atom. The van der Waals surface area contributed by atoms with E-state index in [-0.39, 0.29) is 31.3 Å². The maximum Gasteiger partial charge on any atom is 0.326 e. The zero-order valence-electron chi connectivity index (χ0n) is 13.3. The molecule has 1 aromatic carbocycles. The van der Waals surface area contributed by atoms with E-state index >= 15 is 0 Å². The van der Waals surface area contributed by atoms with Crippen LogP contribution in [0.15, 0.2) is 34.9 Å². The first-order valence-electron chi connectivity index (χ1n) is 7.49. The number of urea groups is 1. The van der Waals surface area contributed by atoms with Crippen molar-refractivity contribution in [2.45, 2.75) is 25.0 Å². The Kier molecular flexibility index (Phi) is 6.43. The monoisotopic (exact) mass is 349 g/mol. The summed E-state index contributed by atoms with van der Waals surface area (Å²) in [6, 6.07) is 6.42. The first kappa shape index (κ1) is 18.4. The first-order valence-corrected chi connectivity index (χ1v) is 7.49. The van der Waals surface area contributed by atoms with E-state index in [0.29, 0.717) is 0 Å². The Hall–Kier alpha value is -2.98. The standard InChI is InChI=1S/C15H19N5O5/c16-10(8-21)13-19-12(25-20-13)7-17-15(24)18-11(14(22)23)6-9-4-2-1-3-5-9/h1-5,10-11,21H,6-8,16H2,(H,22,23)(H2,17,18,24). The van der Waals surface area contributed by atoms with Gasteiger partial charge >= 0.3 is 12.0 Å². The molecule has 0 saturated heterocycles. The van der Waals surface area contributed by atoms with Gasteiger partial charge in [0.1, 0.15) is 6.04 Å². The van der Waals surface area contributed by atoms with Crippen LogP contribution in [0.1, 0.15) is 23.3 Å². The Bertz CT molecular complexity index is 705. The van der Waals surface area contributed by atoms with E-state index in [4.69, 9.17) is 15.4 Å². The number of carbonyl (C=O) groups is 2. The number of nitrogens with one attached hydrogen (secondary N) is 2. The third kappa shape index (κ3) is 5.55. The molecular weight excluding hydrogens is 330 g/mol. The van der Waals surface area contributed by atoms with Gasteiger partial charge in [0.2, 0.25) is 5.89 Å². The van der Waals surface area contributed by atoms with E-state index in [1.807, 2.05) is 6.07 Å². The summed E-state index contributed by atoms with van der Waals surface area (Å²) in [6.45, 7) is -0.443. The summed E-state index contributed by atoms with van der Waals surface area (Å²) in [7, 11) is 0. The summed E-state index contributed by atoms with van der Waals surface area (Å²) in [5.41, 5.74) is 6.32. The lowest BCUT2D eigenvalue weighted by atomic mass is 10.1. The third-order valence-electron chi connectivity index (χ3n) is 3.30. The van der Waals surface area contributed by atoms with Crippen molar-refractivity contribution >= 4 is 12.0 Å². The highest BCUT2D eigenvalue weighted by Crippen LogP contribution is 2.05. The molecule has 0 spiro atoms. The van der Waals surface area contributed by atoms with Crippen molar-refractivity contribution in [1.29, 1.82) is 0 Å². The normalized spacial score (nSPS) is 13.0. The third-order valence-corrected chi connectivity index (χ3v) is 3.30. The lowest BCUT2D eigenvalue weighted by molar-refractivity contribution is -0.139. The van der Waals surface area contributed by atoms with Gasteiger partial charge in [-0.2, -0.15) is 4.98 Å². The Morgan fingerprint density at radius 3 is 2.64 bits per heavy atom. The Labute approximate surface area is 143 Å². The van der Waals surface area contributed by atoms with Gasteiger partial charge in [0.05, 0.1) is 19.2 Å². The van der Waals surface area contributed by atoms with Gasteiger partial charge in [-0.25, -0.2) is 9.59 Å². The van der Waals surface area contributed by atoms with Crippen molar-refractivity contribution in [3.63, 3.8) is 0 Å². The van der Waals surface area contributed by atoms with Gasteiger partial charge in [0, 0.05) is 6.42 Å². The van der Waals surface area contributed by atoms with Crippen LogP contribution in [0.3, 0.4) is 0 Å². The molecule has 10 nitrogen and oxygen atoms in total. The molecule has 2 aromatic rings. The van der Waals surface area contributed by atoms with Gasteiger partial charge in [-0.05, 0) is 5.56 Å². The molecule has 0 aliphatic heterocycles. The lowest BCUT2D eigenvalue weighted by Crippen LogP contribution is -2.46. The van der Waals surface area contributed by atoms with Crippen molar-refractivity contribution in [2.75, 3.05) is 6.61 Å². The minimum Gasteiger partial charge on any atom is -0.480 e. The number of carboxylic acid groups (broad SMARTS) is 1. The number of carboxylic acids is 1. The molecule has 2 atom stereocenters. The van der Waals surface area contributed by atoms with Crippen LogP contribution in [0.2, 0.25) is 0 Å². The number of hydrogen-bond donors (Lipinski definition) is 5. The Morgan fingerprint density at radius 1 is 1.28 bits per heavy atom. The van der Waals surface area contributed by atoms with E-state index in [1.54, 1.807) is 24.3 Å². The largest absolute Gasteiger partial charge is 0.480 e. The highest BCUT2D eigenvalue weighted by atomic mass is 16.5. The predicted octanol–water partition coefficient (Wildman–Crippen LogP) is -0.443. The summed E-state index contributed by atoms with van der Waals surface area (Å²) in [6.07, 6.45) is 0.152. The van der Waals surface area contributed by atoms with Crippen LogP contribution < -0.4 is 16.4 Å². The molecule has 2 amide bonds. The molecule has 1 heterocycles. The number of amides is 2. The van der Waals surface area contributed by atoms with Crippen LogP contribution >= 0.6 is 0 Å². The molecule has 0 aliphatic rings. The second-order valence-corrected chi connectivity index (χ2v) is 5.24. The lowest BCUT2D eigenvalue weighted by Gasteiger charge is -2.14. The van der Waals surface area contributed by atoms with Gasteiger partial charge in [0.25, 0.3) is 0 Å². The number of aliphatic hydroxyl groups is 1. The number of aliphatic hydroxyl groups excluding tert-OH is 1. The van der Waals surface area contributed by atoms with Crippen molar-refractivity contribution in [1.82, 2.24) is 20.8 Å². The molecule has 10 heteroatoms. The number of nitrogens with two attached hydrogens (primary N) is 1. The molecule has 2 unspecified atom stereocenters. The van der Waals surface area contributed by atoms with Crippen LogP contribution in [0, 0.1) is 0 Å². The smallest absolute Gasteiger partial charge is 0.326 e. The van der Waals surface area contributed by atoms with Crippen LogP contribution in [-0.2, 0) is 17.8 Å². The van der Waals surface area contributed by atoms with Crippen molar-refractivity contribution in [2.24, 2.45) is 5.73 Å². The van der Waals surface area contributed by atoms with Gasteiger partial charge < -0.3 is 31.1 Å². The van der Waals surface area contributed by atoms with Gasteiger partial charge in [0.15, 0.2) is 5.82 Å². The number of carbonyl (C=O) groups excluding carboxylic acids is 1. The fourth-order valence-electron chi connectivity index (χ4n) is 1.99. The molecule has 0 fully saturated rings. The summed E-state index contributed by atoms with van der Waals surface area (Å²) in [5.74, 6) is -0.941. The number of nitrogens with zero attached hydrogens (tertiary/aromatic N) is 2. The molecule has 6 N–H and O–H groups in total. The molecule has 0 aliphatic carbocycles. The topological polar surface area (TPSA) is 164 Å². The SMILES string of the molecule is NC(CO)c1noc(CNC(=O)NC(Cc2ccccc2)C(=O)O)n1. The quantitative estimate of drug-likeness (QED) is 0.428. The average molecular weight is 349 g/mol. The second kappa shape index (κ2) is 8.76. The molecule has 25 heavy (non-hydrogen) atoms. The maximum absolute atomic E-state index is 11.9. The minimum atomic E-state index is -1.15. The number of aromatic nitrogens is 2. The van der Waals surface area contributed by atoms with Crippen molar-refractivity contribution in [3.8, 4) is 0 Å². The van der Waals surface area contributed by atoms with Crippen LogP contribution in [0.5, 0.6) is 0 Å². The zero-order chi connectivity index (χ0) is 18.2. The molecular formula is C15H19N5O5. The van der Waals surface area contributed by atoms with Gasteiger partial charge in [-0.1, -0.05) is 35.5 Å². The highest BCUT2D eigenvalue weighted by molar-refractivity contribution is 5.82. The molecule has 0 bridgehead atoms. The van der Waals surface area contributed by atoms with E-state index in [9.17, 15) is 14.7 Å². The van der Waals surface area contributed by atoms with E-state index < -0.39 is 24.1 Å². The van der Waals surface area contributed by atoms with E-state index in [0.717, 1.165) is 5.56 Å². The zero-order valence-corrected chi connectivity index (χ0v) is 13.3. The summed E-state index contributed by atoms with van der Waals surface area (Å²) >= 11 is 0. The fourth-order valence-corrected chi connectivity index (χ4v) is 1.99. The van der Waals surface area contributed by atoms with E-state index in [2.05, 4.69) is 20.8 Å². The summed E-state index contributed by atoms with van der Waals surface area (Å²) < 4.78 is 4.88. The molecule has 1 aromatic heterocycles. The van der Waals surface area contributed by atoms with Crippen molar-refractivity contribution < 1.29 is 24.3 Å². The molecule has 2 rings (SSSR count). The first-order chi connectivity index (χ1) is 12.0. The average Bonchev–Trinajstić information content (AvgIpc) is 3.08. The van der Waals surface area contributed by atoms with Gasteiger partial charge in [-0.15, -0.1) is 0 Å². The molecule has 0 saturated carbocycles. The summed E-state index contributed by atoms with van der Waals surface area (Å²) in [4.78, 5) is 27.1. The maximum atomic E-state index is 11.9. The number of benzene rings is 1. The second-order valence-electron chi connectivity index (χ2n) is 5.24. The van der Waals surface area contributed by atoms with Crippen molar-refractivity contribution in [3.05, 3.63) is 47.6 Å². The highest BCUT2D eigenvalue weighted by Gasteiger charge is 2.21. The Balaban J connectivity index is 1.86. The molecule has 0 radical (unpaired) electrons. The summed E-state index contributed by atoms with van der Waals surface area (Å²) in [5, 5.41) is 26.5.